The van der Waals surface area contributed by atoms with Crippen molar-refractivity contribution in [2.75, 3.05) is 12.9 Å². The Labute approximate surface area is 186 Å². The van der Waals surface area contributed by atoms with Crippen LogP contribution in [-0.2, 0) is 19.9 Å². The van der Waals surface area contributed by atoms with E-state index in [1.807, 2.05) is 13.2 Å². The van der Waals surface area contributed by atoms with Gasteiger partial charge in [-0.2, -0.15) is 4.40 Å². The quantitative estimate of drug-likeness (QED) is 0.173. The summed E-state index contributed by atoms with van der Waals surface area (Å²) in [5.41, 5.74) is -0.314. The van der Waals surface area contributed by atoms with Crippen LogP contribution in [0.2, 0.25) is 23.3 Å². The van der Waals surface area contributed by atoms with Crippen LogP contribution in [0.5, 0.6) is 0 Å². The van der Waals surface area contributed by atoms with E-state index in [4.69, 9.17) is 16.0 Å². The number of halogens is 1. The molecule has 0 N–H and O–H groups in total. The first-order chi connectivity index (χ1) is 12.9. The Morgan fingerprint density at radius 2 is 1.76 bits per heavy atom. The zero-order valence-electron chi connectivity index (χ0n) is 19.1. The van der Waals surface area contributed by atoms with E-state index in [1.54, 1.807) is 27.0 Å². The van der Waals surface area contributed by atoms with Crippen LogP contribution in [0.3, 0.4) is 0 Å². The lowest BCUT2D eigenvalue weighted by molar-refractivity contribution is 0.247. The van der Waals surface area contributed by atoms with Crippen molar-refractivity contribution in [2.24, 2.45) is 4.40 Å². The zero-order chi connectivity index (χ0) is 22.9. The maximum atomic E-state index is 12.6. The molecule has 0 radical (unpaired) electrons. The van der Waals surface area contributed by atoms with Crippen molar-refractivity contribution in [3.05, 3.63) is 16.9 Å². The molecule has 1 heterocycles. The van der Waals surface area contributed by atoms with Crippen LogP contribution in [-0.4, -0.2) is 50.5 Å². The molecule has 0 unspecified atom stereocenters. The number of hydrogen-bond acceptors (Lipinski definition) is 6. The van der Waals surface area contributed by atoms with Gasteiger partial charge in [0.05, 0.1) is 10.2 Å². The first-order valence-corrected chi connectivity index (χ1v) is 15.3. The summed E-state index contributed by atoms with van der Waals surface area (Å²) in [7, 11) is -5.80. The lowest BCUT2D eigenvalue weighted by atomic mass is 9.86. The fourth-order valence-corrected chi connectivity index (χ4v) is 4.42. The summed E-state index contributed by atoms with van der Waals surface area (Å²) in [5, 5.41) is 0.821. The Hall–Kier alpha value is -0.483. The molecule has 0 saturated heterocycles. The predicted molar refractivity (Wildman–Crippen MR) is 126 cm³/mol. The number of thioether (sulfide) groups is 1. The Morgan fingerprint density at radius 3 is 2.17 bits per heavy atom. The molecule has 0 spiro atoms. The maximum Gasteiger partial charge on any atom is 0.257 e. The molecule has 1 rings (SSSR count). The number of sulfonamides is 1. The van der Waals surface area contributed by atoms with Gasteiger partial charge in [0, 0.05) is 24.6 Å². The van der Waals surface area contributed by atoms with E-state index in [9.17, 15) is 8.42 Å². The average molecular weight is 480 g/mol. The fraction of sp³-hybridized carbons (Fsp3) is 0.737. The van der Waals surface area contributed by atoms with Crippen LogP contribution in [0.15, 0.2) is 15.8 Å². The molecule has 0 amide bonds. The molecule has 0 aliphatic heterocycles. The van der Waals surface area contributed by atoms with Gasteiger partial charge in [-0.3, -0.25) is 0 Å². The van der Waals surface area contributed by atoms with E-state index in [0.29, 0.717) is 10.7 Å². The first-order valence-electron chi connectivity index (χ1n) is 9.38. The van der Waals surface area contributed by atoms with Gasteiger partial charge in [-0.05, 0) is 52.1 Å². The van der Waals surface area contributed by atoms with Gasteiger partial charge in [-0.15, -0.1) is 0 Å². The highest BCUT2D eigenvalue weighted by atomic mass is 35.5. The van der Waals surface area contributed by atoms with Gasteiger partial charge in [0.15, 0.2) is 13.5 Å². The van der Waals surface area contributed by atoms with Gasteiger partial charge in [-0.25, -0.2) is 18.4 Å². The number of hydrogen-bond donors (Lipinski definition) is 0. The van der Waals surface area contributed by atoms with Crippen LogP contribution in [0.1, 0.15) is 54.0 Å². The van der Waals surface area contributed by atoms with Crippen molar-refractivity contribution < 1.29 is 12.8 Å². The topological polar surface area (TPSA) is 81.5 Å². The van der Waals surface area contributed by atoms with Crippen molar-refractivity contribution >= 4 is 47.9 Å². The van der Waals surface area contributed by atoms with Gasteiger partial charge < -0.3 is 4.43 Å². The minimum absolute atomic E-state index is 0.00550. The van der Waals surface area contributed by atoms with Crippen LogP contribution in [0, 0.1) is 0 Å². The summed E-state index contributed by atoms with van der Waals surface area (Å²) >= 11 is 7.84. The van der Waals surface area contributed by atoms with E-state index in [0.717, 1.165) is 0 Å². The van der Waals surface area contributed by atoms with Crippen molar-refractivity contribution in [1.82, 2.24) is 9.97 Å². The predicted octanol–water partition coefficient (Wildman–Crippen LogP) is 5.33. The van der Waals surface area contributed by atoms with E-state index < -0.39 is 28.5 Å². The van der Waals surface area contributed by atoms with Gasteiger partial charge >= 0.3 is 0 Å². The molecule has 10 heteroatoms. The molecule has 1 atom stereocenters. The first kappa shape index (κ1) is 26.6. The SMILES string of the molecule is CSc1ncc([C@](C)(C=NS(=O)(=O)C(C)(C)C)CO[Si](C)(C)C(C)(C)C)c(Cl)n1. The highest BCUT2D eigenvalue weighted by Gasteiger charge is 2.40. The molecular weight excluding hydrogens is 446 g/mol. The van der Waals surface area contributed by atoms with Crippen LogP contribution in [0.25, 0.3) is 0 Å². The third kappa shape index (κ3) is 6.50. The van der Waals surface area contributed by atoms with E-state index in [2.05, 4.69) is 48.2 Å². The highest BCUT2D eigenvalue weighted by Crippen LogP contribution is 2.38. The summed E-state index contributed by atoms with van der Waals surface area (Å²) in [6.45, 7) is 17.7. The van der Waals surface area contributed by atoms with Gasteiger partial charge in [0.2, 0.25) is 0 Å². The van der Waals surface area contributed by atoms with Gasteiger partial charge in [0.1, 0.15) is 5.15 Å². The molecule has 6 nitrogen and oxygen atoms in total. The smallest absolute Gasteiger partial charge is 0.257 e. The molecule has 1 aromatic heterocycles. The zero-order valence-corrected chi connectivity index (χ0v) is 22.5. The monoisotopic (exact) mass is 479 g/mol. The summed E-state index contributed by atoms with van der Waals surface area (Å²) in [5.74, 6) is 0. The minimum Gasteiger partial charge on any atom is -0.416 e. The Morgan fingerprint density at radius 1 is 1.21 bits per heavy atom. The van der Waals surface area contributed by atoms with Crippen LogP contribution >= 0.6 is 23.4 Å². The lowest BCUT2D eigenvalue weighted by Gasteiger charge is -2.39. The fourth-order valence-electron chi connectivity index (χ4n) is 1.90. The molecule has 0 aromatic carbocycles. The normalized spacial score (nSPS) is 16.2. The summed E-state index contributed by atoms with van der Waals surface area (Å²) in [6.07, 6.45) is 4.92. The Balaban J connectivity index is 3.46. The molecule has 0 bridgehead atoms. The number of nitrogens with zero attached hydrogens (tertiary/aromatic N) is 3. The summed E-state index contributed by atoms with van der Waals surface area (Å²) in [6, 6.07) is 0. The molecular formula is C19H34ClN3O3S2Si. The van der Waals surface area contributed by atoms with Crippen molar-refractivity contribution in [1.29, 1.82) is 0 Å². The molecule has 0 aliphatic carbocycles. The molecule has 29 heavy (non-hydrogen) atoms. The average Bonchev–Trinajstić information content (AvgIpc) is 2.56. The Bertz CT molecular complexity index is 862. The maximum absolute atomic E-state index is 12.6. The number of rotatable bonds is 7. The third-order valence-electron chi connectivity index (χ3n) is 5.31. The van der Waals surface area contributed by atoms with E-state index >= 15 is 0 Å². The van der Waals surface area contributed by atoms with E-state index in [-0.39, 0.29) is 16.8 Å². The van der Waals surface area contributed by atoms with Crippen LogP contribution in [0.4, 0.5) is 0 Å². The van der Waals surface area contributed by atoms with Crippen molar-refractivity contribution in [2.45, 2.75) is 81.9 Å². The third-order valence-corrected chi connectivity index (χ3v) is 12.6. The highest BCUT2D eigenvalue weighted by molar-refractivity contribution is 7.98. The van der Waals surface area contributed by atoms with E-state index in [1.165, 1.54) is 18.0 Å². The summed E-state index contributed by atoms with van der Waals surface area (Å²) < 4.78 is 34.5. The minimum atomic E-state index is -3.71. The standard InChI is InChI=1S/C19H34ClN3O3S2Si/c1-17(2,3)28(24,25)22-12-19(7,13-26-29(9,10)18(4,5)6)14-11-21-16(27-8)23-15(14)20/h11-12H,13H2,1-10H3/t19-/m1/s1. The molecule has 0 fully saturated rings. The second-order valence-electron chi connectivity index (χ2n) is 9.85. The summed E-state index contributed by atoms with van der Waals surface area (Å²) in [4.78, 5) is 8.63. The second-order valence-corrected chi connectivity index (χ2v) is 18.2. The molecule has 1 aromatic rings. The Kier molecular flexibility index (Phi) is 8.19. The molecule has 0 saturated carbocycles. The second kappa shape index (κ2) is 8.94. The number of aromatic nitrogens is 2. The molecule has 0 aliphatic rings. The van der Waals surface area contributed by atoms with Crippen molar-refractivity contribution in [3.63, 3.8) is 0 Å². The van der Waals surface area contributed by atoms with Gasteiger partial charge in [-0.1, -0.05) is 44.1 Å². The molecule has 166 valence electrons. The van der Waals surface area contributed by atoms with Gasteiger partial charge in [0.25, 0.3) is 10.0 Å². The van der Waals surface area contributed by atoms with Crippen molar-refractivity contribution in [3.8, 4) is 0 Å². The lowest BCUT2D eigenvalue weighted by Crippen LogP contribution is -2.45. The largest absolute Gasteiger partial charge is 0.416 e. The van der Waals surface area contributed by atoms with Crippen LogP contribution < -0.4 is 0 Å².